The quantitative estimate of drug-likeness (QED) is 0.808. The maximum Gasteiger partial charge on any atom is 0.280 e. The Labute approximate surface area is 91.8 Å². The van der Waals surface area contributed by atoms with E-state index < -0.39 is 18.0 Å². The smallest absolute Gasteiger partial charge is 0.280 e. The number of halogens is 3. The Bertz CT molecular complexity index is 383. The van der Waals surface area contributed by atoms with E-state index in [0.717, 1.165) is 6.07 Å². The van der Waals surface area contributed by atoms with Crippen LogP contribution < -0.4 is 11.5 Å². The number of alkyl halides is 2. The fourth-order valence-electron chi connectivity index (χ4n) is 0.845. The van der Waals surface area contributed by atoms with Gasteiger partial charge in [0.2, 0.25) is 0 Å². The molecule has 0 saturated heterocycles. The summed E-state index contributed by atoms with van der Waals surface area (Å²) < 4.78 is 24.8. The van der Waals surface area contributed by atoms with Gasteiger partial charge >= 0.3 is 0 Å². The molecule has 7 heteroatoms. The van der Waals surface area contributed by atoms with E-state index in [-0.39, 0.29) is 11.4 Å². The molecule has 0 radical (unpaired) electrons. The van der Waals surface area contributed by atoms with Gasteiger partial charge in [0.15, 0.2) is 0 Å². The number of rotatable bonds is 2. The Morgan fingerprint density at radius 1 is 1.57 bits per heavy atom. The van der Waals surface area contributed by atoms with E-state index in [0.29, 0.717) is 3.57 Å². The van der Waals surface area contributed by atoms with Crippen molar-refractivity contribution in [2.45, 2.75) is 6.43 Å². The van der Waals surface area contributed by atoms with E-state index in [1.165, 1.54) is 0 Å². The van der Waals surface area contributed by atoms with Crippen molar-refractivity contribution in [1.82, 2.24) is 4.98 Å². The number of primary amides is 1. The second-order valence-corrected chi connectivity index (χ2v) is 3.54. The molecular formula is C7H6F2IN3O. The van der Waals surface area contributed by atoms with Gasteiger partial charge in [-0.05, 0) is 28.7 Å². The normalized spacial score (nSPS) is 10.6. The summed E-state index contributed by atoms with van der Waals surface area (Å²) in [7, 11) is 0. The fraction of sp³-hybridized carbons (Fsp3) is 0.143. The first-order chi connectivity index (χ1) is 6.43. The average molecular weight is 313 g/mol. The van der Waals surface area contributed by atoms with Gasteiger partial charge in [-0.15, -0.1) is 0 Å². The van der Waals surface area contributed by atoms with Crippen molar-refractivity contribution in [2.24, 2.45) is 5.73 Å². The zero-order chi connectivity index (χ0) is 10.9. The molecule has 4 N–H and O–H groups in total. The monoisotopic (exact) mass is 313 g/mol. The molecule has 0 saturated carbocycles. The van der Waals surface area contributed by atoms with Crippen LogP contribution in [0.4, 0.5) is 14.5 Å². The summed E-state index contributed by atoms with van der Waals surface area (Å²) in [6.45, 7) is 0. The maximum atomic E-state index is 12.2. The summed E-state index contributed by atoms with van der Waals surface area (Å²) in [6, 6.07) is 1.03. The lowest BCUT2D eigenvalue weighted by atomic mass is 10.2. The minimum Gasteiger partial charge on any atom is -0.398 e. The lowest BCUT2D eigenvalue weighted by molar-refractivity contribution is 0.0992. The molecule has 0 fully saturated rings. The number of carbonyl (C=O) groups excluding carboxylic acids is 1. The van der Waals surface area contributed by atoms with Crippen molar-refractivity contribution in [2.75, 3.05) is 5.73 Å². The van der Waals surface area contributed by atoms with Gasteiger partial charge in [-0.3, -0.25) is 4.79 Å². The fourth-order valence-corrected chi connectivity index (χ4v) is 1.39. The van der Waals surface area contributed by atoms with Gasteiger partial charge in [0.25, 0.3) is 12.3 Å². The first-order valence-electron chi connectivity index (χ1n) is 3.47. The molecule has 1 heterocycles. The zero-order valence-electron chi connectivity index (χ0n) is 6.80. The number of nitrogens with two attached hydrogens (primary N) is 2. The summed E-state index contributed by atoms with van der Waals surface area (Å²) in [4.78, 5) is 14.2. The van der Waals surface area contributed by atoms with E-state index in [1.807, 2.05) is 0 Å². The molecule has 76 valence electrons. The maximum absolute atomic E-state index is 12.2. The molecule has 0 unspecified atom stereocenters. The summed E-state index contributed by atoms with van der Waals surface area (Å²) in [5.74, 6) is -0.872. The Kier molecular flexibility index (Phi) is 3.19. The van der Waals surface area contributed by atoms with Crippen molar-refractivity contribution >= 4 is 34.2 Å². The Morgan fingerprint density at radius 2 is 2.14 bits per heavy atom. The third kappa shape index (κ3) is 2.08. The Morgan fingerprint density at radius 3 is 2.57 bits per heavy atom. The van der Waals surface area contributed by atoms with E-state index in [2.05, 4.69) is 4.98 Å². The molecule has 14 heavy (non-hydrogen) atoms. The number of nitrogens with zero attached hydrogens (tertiary/aromatic N) is 1. The molecule has 1 amide bonds. The van der Waals surface area contributed by atoms with Crippen LogP contribution in [-0.2, 0) is 0 Å². The highest BCUT2D eigenvalue weighted by Crippen LogP contribution is 2.24. The van der Waals surface area contributed by atoms with Crippen LogP contribution in [0.15, 0.2) is 6.07 Å². The molecule has 1 aromatic heterocycles. The lowest BCUT2D eigenvalue weighted by Gasteiger charge is -2.06. The molecule has 0 aliphatic rings. The number of carbonyl (C=O) groups is 1. The predicted molar refractivity (Wildman–Crippen MR) is 54.8 cm³/mol. The molecule has 0 aliphatic carbocycles. The van der Waals surface area contributed by atoms with E-state index >= 15 is 0 Å². The van der Waals surface area contributed by atoms with Crippen LogP contribution in [-0.4, -0.2) is 10.9 Å². The van der Waals surface area contributed by atoms with Crippen LogP contribution in [0.2, 0.25) is 0 Å². The van der Waals surface area contributed by atoms with Crippen molar-refractivity contribution in [3.63, 3.8) is 0 Å². The summed E-state index contributed by atoms with van der Waals surface area (Å²) in [5, 5.41) is 0. The second kappa shape index (κ2) is 4.03. The molecule has 0 aliphatic heterocycles. The summed E-state index contributed by atoms with van der Waals surface area (Å²) >= 11 is 1.73. The van der Waals surface area contributed by atoms with Crippen molar-refractivity contribution in [3.05, 3.63) is 21.0 Å². The minimum absolute atomic E-state index is 0.0738. The number of amides is 1. The van der Waals surface area contributed by atoms with Gasteiger partial charge in [-0.1, -0.05) is 0 Å². The van der Waals surface area contributed by atoms with E-state index in [9.17, 15) is 13.6 Å². The molecule has 4 nitrogen and oxygen atoms in total. The molecule has 0 atom stereocenters. The van der Waals surface area contributed by atoms with Crippen LogP contribution >= 0.6 is 22.6 Å². The van der Waals surface area contributed by atoms with E-state index in [4.69, 9.17) is 11.5 Å². The van der Waals surface area contributed by atoms with Gasteiger partial charge in [-0.25, -0.2) is 13.8 Å². The highest BCUT2D eigenvalue weighted by atomic mass is 127. The number of anilines is 1. The SMILES string of the molecule is NC(=O)c1nc(C(F)F)cc(N)c1I. The zero-order valence-corrected chi connectivity index (χ0v) is 8.96. The highest BCUT2D eigenvalue weighted by Gasteiger charge is 2.17. The van der Waals surface area contributed by atoms with Crippen LogP contribution in [0.5, 0.6) is 0 Å². The second-order valence-electron chi connectivity index (χ2n) is 2.46. The van der Waals surface area contributed by atoms with Gasteiger partial charge in [0.1, 0.15) is 11.4 Å². The number of nitrogen functional groups attached to an aromatic ring is 1. The number of aromatic nitrogens is 1. The molecule has 0 spiro atoms. The summed E-state index contributed by atoms with van der Waals surface area (Å²) in [5.41, 5.74) is 9.66. The first-order valence-corrected chi connectivity index (χ1v) is 4.55. The first kappa shape index (κ1) is 11.1. The molecule has 1 aromatic rings. The van der Waals surface area contributed by atoms with Gasteiger partial charge in [0, 0.05) is 5.69 Å². The number of hydrogen-bond acceptors (Lipinski definition) is 3. The van der Waals surface area contributed by atoms with Gasteiger partial charge in [0.05, 0.1) is 3.57 Å². The molecule has 1 rings (SSSR count). The lowest BCUT2D eigenvalue weighted by Crippen LogP contribution is -2.17. The molecular weight excluding hydrogens is 307 g/mol. The van der Waals surface area contributed by atoms with E-state index in [1.54, 1.807) is 22.6 Å². The number of pyridine rings is 1. The number of hydrogen-bond donors (Lipinski definition) is 2. The van der Waals surface area contributed by atoms with Crippen molar-refractivity contribution < 1.29 is 13.6 Å². The molecule has 0 aromatic carbocycles. The topological polar surface area (TPSA) is 82.0 Å². The molecule has 0 bridgehead atoms. The summed E-state index contributed by atoms with van der Waals surface area (Å²) in [6.07, 6.45) is -2.77. The minimum atomic E-state index is -2.77. The third-order valence-corrected chi connectivity index (χ3v) is 2.60. The van der Waals surface area contributed by atoms with Crippen LogP contribution in [0, 0.1) is 3.57 Å². The standard InChI is InChI=1S/C7H6F2IN3O/c8-6(9)3-1-2(11)4(10)5(13-3)7(12)14/h1,6H,(H2,11,13)(H2,12,14). The van der Waals surface area contributed by atoms with Crippen LogP contribution in [0.3, 0.4) is 0 Å². The largest absolute Gasteiger partial charge is 0.398 e. The van der Waals surface area contributed by atoms with Crippen LogP contribution in [0.1, 0.15) is 22.6 Å². The average Bonchev–Trinajstić information content (AvgIpc) is 2.08. The Hall–Kier alpha value is -0.990. The highest BCUT2D eigenvalue weighted by molar-refractivity contribution is 14.1. The van der Waals surface area contributed by atoms with Crippen molar-refractivity contribution in [1.29, 1.82) is 0 Å². The van der Waals surface area contributed by atoms with Gasteiger partial charge < -0.3 is 11.5 Å². The third-order valence-electron chi connectivity index (χ3n) is 1.46. The van der Waals surface area contributed by atoms with Crippen LogP contribution in [0.25, 0.3) is 0 Å². The van der Waals surface area contributed by atoms with Crippen molar-refractivity contribution in [3.8, 4) is 0 Å². The Balaban J connectivity index is 3.35. The predicted octanol–water partition coefficient (Wildman–Crippen LogP) is 1.30. The van der Waals surface area contributed by atoms with Gasteiger partial charge in [-0.2, -0.15) is 0 Å².